The van der Waals surface area contributed by atoms with Crippen LogP contribution >= 0.6 is 0 Å². The van der Waals surface area contributed by atoms with Gasteiger partial charge in [-0.3, -0.25) is 9.11 Å². The maximum Gasteiger partial charge on any atom is 0.295 e. The van der Waals surface area contributed by atoms with E-state index < -0.39 is 67.5 Å². The van der Waals surface area contributed by atoms with Crippen molar-refractivity contribution in [2.75, 3.05) is 71.4 Å². The highest BCUT2D eigenvalue weighted by molar-refractivity contribution is 7.86. The van der Waals surface area contributed by atoms with E-state index in [4.69, 9.17) is 10.2 Å². The molecule has 0 fully saturated rings. The van der Waals surface area contributed by atoms with Gasteiger partial charge in [0.25, 0.3) is 20.2 Å². The summed E-state index contributed by atoms with van der Waals surface area (Å²) in [6.07, 6.45) is 0.0915. The van der Waals surface area contributed by atoms with Crippen LogP contribution in [0.5, 0.6) is 0 Å². The van der Waals surface area contributed by atoms with Crippen LogP contribution in [0.1, 0.15) is 25.0 Å². The second-order valence-corrected chi connectivity index (χ2v) is 15.3. The second-order valence-electron chi connectivity index (χ2n) is 12.5. The summed E-state index contributed by atoms with van der Waals surface area (Å²) in [5.74, 6) is -0.381. The molecule has 26 heteroatoms. The Morgan fingerprint density at radius 1 is 0.552 bits per heavy atom. The largest absolute Gasteiger partial charge is 0.394 e. The van der Waals surface area contributed by atoms with Gasteiger partial charge < -0.3 is 62.5 Å². The highest BCUT2D eigenvalue weighted by Crippen LogP contribution is 2.28. The number of rotatable bonds is 22. The van der Waals surface area contributed by atoms with Crippen molar-refractivity contribution < 1.29 is 56.6 Å². The second kappa shape index (κ2) is 20.3. The SMILES string of the molecule is CC(CO)Nc1nc(NCC(O)CO)nc(Nc2ccc(/C=C/c3ccc(Nc4nc(NCC(O)CO)nc(NC(C)CO)n4)cc3S(=O)(=O)O)c(S(=O)(=O)O)c2)n1. The molecule has 0 aliphatic rings. The molecule has 4 aromatic rings. The smallest absolute Gasteiger partial charge is 0.295 e. The Morgan fingerprint density at radius 2 is 0.897 bits per heavy atom. The summed E-state index contributed by atoms with van der Waals surface area (Å²) in [6, 6.07) is 6.49. The van der Waals surface area contributed by atoms with Crippen LogP contribution < -0.4 is 31.9 Å². The topological polar surface area (TPSA) is 380 Å². The zero-order valence-electron chi connectivity index (χ0n) is 30.9. The molecule has 0 amide bonds. The molecule has 2 aromatic carbocycles. The van der Waals surface area contributed by atoms with Gasteiger partial charge in [0.2, 0.25) is 35.7 Å². The minimum Gasteiger partial charge on any atom is -0.394 e. The first kappa shape index (κ1) is 45.3. The summed E-state index contributed by atoms with van der Waals surface area (Å²) in [4.78, 5) is 23.8. The van der Waals surface area contributed by atoms with Crippen molar-refractivity contribution in [3.05, 3.63) is 47.5 Å². The van der Waals surface area contributed by atoms with Crippen LogP contribution in [0.3, 0.4) is 0 Å². The average molecular weight is 853 g/mol. The van der Waals surface area contributed by atoms with Gasteiger partial charge in [-0.05, 0) is 49.2 Å². The van der Waals surface area contributed by atoms with Crippen LogP contribution in [-0.2, 0) is 20.2 Å². The highest BCUT2D eigenvalue weighted by Gasteiger charge is 2.20. The van der Waals surface area contributed by atoms with E-state index in [1.807, 2.05) is 0 Å². The molecule has 316 valence electrons. The van der Waals surface area contributed by atoms with Gasteiger partial charge >= 0.3 is 0 Å². The van der Waals surface area contributed by atoms with Gasteiger partial charge in [0, 0.05) is 36.5 Å². The van der Waals surface area contributed by atoms with Crippen molar-refractivity contribution in [2.24, 2.45) is 0 Å². The standard InChI is InChI=1S/C32H44N12O12S2/c1-17(13-45)35-29-39-27(33-11-23(49)15-47)41-31(43-29)37-21-7-5-19(25(9-21)57(51,52)53)3-4-20-6-8-22(10-26(20)58(54,55)56)38-32-42-28(34-12-24(50)16-48)40-30(44-32)36-18(2)14-46/h3-10,17-18,23-24,45-50H,11-16H2,1-2H3,(H,51,52,53)(H,54,55,56)(H3,33,35,37,39,41,43)(H3,34,36,38,40,42,44)/b4-3+. The Hall–Kier alpha value is -5.42. The normalized spacial score (nSPS) is 14.0. The van der Waals surface area contributed by atoms with E-state index in [0.717, 1.165) is 12.1 Å². The third kappa shape index (κ3) is 13.6. The van der Waals surface area contributed by atoms with Gasteiger partial charge in [-0.1, -0.05) is 24.3 Å². The van der Waals surface area contributed by atoms with Gasteiger partial charge in [-0.25, -0.2) is 0 Å². The lowest BCUT2D eigenvalue weighted by Crippen LogP contribution is -2.25. The lowest BCUT2D eigenvalue weighted by molar-refractivity contribution is 0.105. The molecule has 24 nitrogen and oxygen atoms in total. The van der Waals surface area contributed by atoms with Crippen LogP contribution in [0, 0.1) is 0 Å². The Labute approximate surface area is 332 Å². The third-order valence-corrected chi connectivity index (χ3v) is 9.34. The van der Waals surface area contributed by atoms with Crippen molar-refractivity contribution in [1.82, 2.24) is 29.9 Å². The maximum atomic E-state index is 12.5. The highest BCUT2D eigenvalue weighted by atomic mass is 32.2. The lowest BCUT2D eigenvalue weighted by atomic mass is 10.1. The number of hydrogen-bond acceptors (Lipinski definition) is 22. The Kier molecular flexibility index (Phi) is 15.9. The lowest BCUT2D eigenvalue weighted by Gasteiger charge is -2.15. The summed E-state index contributed by atoms with van der Waals surface area (Å²) in [7, 11) is -9.82. The number of aromatic nitrogens is 6. The zero-order valence-corrected chi connectivity index (χ0v) is 32.5. The molecule has 58 heavy (non-hydrogen) atoms. The van der Waals surface area contributed by atoms with Crippen molar-refractivity contribution >= 4 is 79.5 Å². The number of hydrogen-bond donors (Lipinski definition) is 14. The molecule has 0 radical (unpaired) electrons. The fourth-order valence-electron chi connectivity index (χ4n) is 4.61. The molecule has 0 aliphatic carbocycles. The number of nitrogens with one attached hydrogen (secondary N) is 6. The van der Waals surface area contributed by atoms with Crippen LogP contribution in [0.15, 0.2) is 46.2 Å². The van der Waals surface area contributed by atoms with E-state index in [9.17, 15) is 46.4 Å². The van der Waals surface area contributed by atoms with Crippen LogP contribution in [0.2, 0.25) is 0 Å². The number of anilines is 8. The van der Waals surface area contributed by atoms with Crippen LogP contribution in [0.4, 0.5) is 47.1 Å². The summed E-state index contributed by atoms with van der Waals surface area (Å²) in [5.41, 5.74) is -0.0587. The Balaban J connectivity index is 1.65. The van der Waals surface area contributed by atoms with Crippen molar-refractivity contribution in [1.29, 1.82) is 0 Å². The third-order valence-electron chi connectivity index (χ3n) is 7.52. The first-order valence-corrected chi connectivity index (χ1v) is 20.1. The zero-order chi connectivity index (χ0) is 42.6. The molecule has 2 heterocycles. The minimum atomic E-state index is -4.91. The number of benzene rings is 2. The monoisotopic (exact) mass is 852 g/mol. The molecular formula is C32H44N12O12S2. The van der Waals surface area contributed by atoms with Gasteiger partial charge in [0.1, 0.15) is 9.79 Å². The Morgan fingerprint density at radius 3 is 1.22 bits per heavy atom. The molecule has 4 unspecified atom stereocenters. The molecule has 0 bridgehead atoms. The van der Waals surface area contributed by atoms with E-state index in [0.29, 0.717) is 0 Å². The fraction of sp³-hybridized carbons (Fsp3) is 0.375. The summed E-state index contributed by atoms with van der Waals surface area (Å²) >= 11 is 0. The quantitative estimate of drug-likeness (QED) is 0.0344. The first-order valence-electron chi connectivity index (χ1n) is 17.2. The molecule has 0 spiro atoms. The van der Waals surface area contributed by atoms with E-state index in [2.05, 4.69) is 61.8 Å². The Bertz CT molecular complexity index is 2120. The molecule has 0 saturated heterocycles. The van der Waals surface area contributed by atoms with Gasteiger partial charge in [0.05, 0.1) is 38.6 Å². The minimum absolute atomic E-state index is 0.00932. The summed E-state index contributed by atoms with van der Waals surface area (Å²) < 4.78 is 70.4. The predicted molar refractivity (Wildman–Crippen MR) is 211 cm³/mol. The summed E-state index contributed by atoms with van der Waals surface area (Å²) in [5, 5.41) is 73.3. The van der Waals surface area contributed by atoms with Crippen molar-refractivity contribution in [3.8, 4) is 0 Å². The molecular weight excluding hydrogens is 809 g/mol. The van der Waals surface area contributed by atoms with E-state index >= 15 is 0 Å². The van der Waals surface area contributed by atoms with Crippen molar-refractivity contribution in [3.63, 3.8) is 0 Å². The first-order chi connectivity index (χ1) is 27.4. The maximum absolute atomic E-state index is 12.5. The fourth-order valence-corrected chi connectivity index (χ4v) is 6.03. The molecule has 0 aliphatic heterocycles. The van der Waals surface area contributed by atoms with Gasteiger partial charge in [-0.2, -0.15) is 46.7 Å². The van der Waals surface area contributed by atoms with Gasteiger partial charge in [0.15, 0.2) is 0 Å². The van der Waals surface area contributed by atoms with E-state index in [-0.39, 0.29) is 84.5 Å². The molecule has 4 rings (SSSR count). The predicted octanol–water partition coefficient (Wildman–Crippen LogP) is -0.677. The summed E-state index contributed by atoms with van der Waals surface area (Å²) in [6.45, 7) is 1.39. The molecule has 2 aromatic heterocycles. The van der Waals surface area contributed by atoms with Crippen LogP contribution in [-0.4, -0.2) is 150 Å². The van der Waals surface area contributed by atoms with E-state index in [1.54, 1.807) is 13.8 Å². The van der Waals surface area contributed by atoms with Gasteiger partial charge in [-0.15, -0.1) is 0 Å². The number of aliphatic hydroxyl groups excluding tert-OH is 6. The molecule has 0 saturated carbocycles. The number of nitrogens with zero attached hydrogens (tertiary/aromatic N) is 6. The van der Waals surface area contributed by atoms with E-state index in [1.165, 1.54) is 36.4 Å². The molecule has 4 atom stereocenters. The van der Waals surface area contributed by atoms with Crippen LogP contribution in [0.25, 0.3) is 12.2 Å². The number of aliphatic hydroxyl groups is 6. The molecule has 14 N–H and O–H groups in total. The van der Waals surface area contributed by atoms with Crippen molar-refractivity contribution in [2.45, 2.75) is 47.9 Å². The average Bonchev–Trinajstić information content (AvgIpc) is 3.17.